The van der Waals surface area contributed by atoms with Crippen LogP contribution in [0.25, 0.3) is 0 Å². The van der Waals surface area contributed by atoms with Crippen molar-refractivity contribution in [3.63, 3.8) is 0 Å². The molecule has 0 heterocycles. The van der Waals surface area contributed by atoms with Crippen molar-refractivity contribution >= 4 is 5.69 Å². The van der Waals surface area contributed by atoms with E-state index < -0.39 is 0 Å². The summed E-state index contributed by atoms with van der Waals surface area (Å²) in [4.78, 5) is 0. The maximum Gasteiger partial charge on any atom is 0.119 e. The van der Waals surface area contributed by atoms with Crippen LogP contribution >= 0.6 is 0 Å². The molecule has 1 aromatic carbocycles. The summed E-state index contributed by atoms with van der Waals surface area (Å²) >= 11 is 0. The molecule has 0 spiro atoms. The number of nitrogens with one attached hydrogen (secondary N) is 2. The van der Waals surface area contributed by atoms with Crippen molar-refractivity contribution in [3.8, 4) is 5.75 Å². The molecule has 0 saturated carbocycles. The van der Waals surface area contributed by atoms with Gasteiger partial charge in [0.2, 0.25) is 0 Å². The predicted molar refractivity (Wildman–Crippen MR) is 73.8 cm³/mol. The van der Waals surface area contributed by atoms with E-state index in [-0.39, 0.29) is 6.10 Å². The van der Waals surface area contributed by atoms with Crippen LogP contribution in [0.4, 0.5) is 5.69 Å². The maximum absolute atomic E-state index is 5.59. The van der Waals surface area contributed by atoms with E-state index in [0.717, 1.165) is 24.5 Å². The average Bonchev–Trinajstić information content (AvgIpc) is 2.25. The van der Waals surface area contributed by atoms with Crippen molar-refractivity contribution in [2.45, 2.75) is 39.8 Å². The van der Waals surface area contributed by atoms with Gasteiger partial charge in [-0.25, -0.2) is 0 Å². The minimum absolute atomic E-state index is 0.226. The molecule has 0 atom stereocenters. The van der Waals surface area contributed by atoms with Crippen LogP contribution in [0.15, 0.2) is 24.3 Å². The predicted octanol–water partition coefficient (Wildman–Crippen LogP) is 2.88. The molecule has 0 unspecified atom stereocenters. The maximum atomic E-state index is 5.59. The molecule has 0 bridgehead atoms. The molecule has 1 rings (SSSR count). The van der Waals surface area contributed by atoms with Crippen LogP contribution in [0.3, 0.4) is 0 Å². The minimum atomic E-state index is 0.226. The van der Waals surface area contributed by atoms with Crippen molar-refractivity contribution in [2.24, 2.45) is 0 Å². The molecule has 0 fully saturated rings. The van der Waals surface area contributed by atoms with E-state index in [9.17, 15) is 0 Å². The zero-order valence-corrected chi connectivity index (χ0v) is 11.3. The van der Waals surface area contributed by atoms with Gasteiger partial charge >= 0.3 is 0 Å². The second kappa shape index (κ2) is 7.17. The lowest BCUT2D eigenvalue weighted by molar-refractivity contribution is 0.242. The highest BCUT2D eigenvalue weighted by atomic mass is 16.5. The monoisotopic (exact) mass is 236 g/mol. The van der Waals surface area contributed by atoms with Crippen LogP contribution in [-0.2, 0) is 0 Å². The van der Waals surface area contributed by atoms with Crippen LogP contribution in [0.5, 0.6) is 5.75 Å². The number of rotatable bonds is 7. The Morgan fingerprint density at radius 2 is 1.65 bits per heavy atom. The van der Waals surface area contributed by atoms with Crippen molar-refractivity contribution in [3.05, 3.63) is 24.3 Å². The first-order chi connectivity index (χ1) is 8.08. The Labute approximate surface area is 105 Å². The molecule has 0 aromatic heterocycles. The van der Waals surface area contributed by atoms with Gasteiger partial charge in [0.25, 0.3) is 0 Å². The number of hydrogen-bond donors (Lipinski definition) is 2. The van der Waals surface area contributed by atoms with Gasteiger partial charge in [-0.2, -0.15) is 0 Å². The smallest absolute Gasteiger partial charge is 0.119 e. The fourth-order valence-corrected chi connectivity index (χ4v) is 1.49. The summed E-state index contributed by atoms with van der Waals surface area (Å²) in [6.45, 7) is 10.3. The van der Waals surface area contributed by atoms with E-state index in [2.05, 4.69) is 24.5 Å². The third-order valence-corrected chi connectivity index (χ3v) is 2.23. The lowest BCUT2D eigenvalue weighted by atomic mass is 10.3. The molecular weight excluding hydrogens is 212 g/mol. The van der Waals surface area contributed by atoms with E-state index in [1.165, 1.54) is 0 Å². The van der Waals surface area contributed by atoms with Crippen molar-refractivity contribution in [2.75, 3.05) is 18.4 Å². The molecule has 1 aromatic rings. The summed E-state index contributed by atoms with van der Waals surface area (Å²) in [7, 11) is 0. The zero-order valence-electron chi connectivity index (χ0n) is 11.3. The molecule has 3 heteroatoms. The summed E-state index contributed by atoms with van der Waals surface area (Å²) in [6.07, 6.45) is 0.226. The number of ether oxygens (including phenoxy) is 1. The van der Waals surface area contributed by atoms with Gasteiger partial charge in [0.1, 0.15) is 5.75 Å². The second-order valence-electron chi connectivity index (χ2n) is 4.73. The van der Waals surface area contributed by atoms with Crippen molar-refractivity contribution in [1.29, 1.82) is 0 Å². The van der Waals surface area contributed by atoms with Gasteiger partial charge in [-0.3, -0.25) is 0 Å². The van der Waals surface area contributed by atoms with Gasteiger partial charge in [-0.15, -0.1) is 0 Å². The number of benzene rings is 1. The standard InChI is InChI=1S/C14H24N2O/c1-11(2)15-9-10-16-13-5-7-14(8-6-13)17-12(3)4/h5-8,11-12,15-16H,9-10H2,1-4H3. The van der Waals surface area contributed by atoms with Gasteiger partial charge in [-0.05, 0) is 38.1 Å². The summed E-state index contributed by atoms with van der Waals surface area (Å²) in [6, 6.07) is 8.63. The molecule has 0 aliphatic carbocycles. The Balaban J connectivity index is 2.30. The lowest BCUT2D eigenvalue weighted by Crippen LogP contribution is -2.28. The van der Waals surface area contributed by atoms with Crippen LogP contribution in [0.1, 0.15) is 27.7 Å². The van der Waals surface area contributed by atoms with Gasteiger partial charge in [0, 0.05) is 24.8 Å². The van der Waals surface area contributed by atoms with Gasteiger partial charge in [-0.1, -0.05) is 13.8 Å². The molecule has 0 aliphatic heterocycles. The fraction of sp³-hybridized carbons (Fsp3) is 0.571. The molecule has 17 heavy (non-hydrogen) atoms. The fourth-order valence-electron chi connectivity index (χ4n) is 1.49. The first kappa shape index (κ1) is 13.8. The van der Waals surface area contributed by atoms with Gasteiger partial charge in [0.05, 0.1) is 6.10 Å². The number of hydrogen-bond acceptors (Lipinski definition) is 3. The third kappa shape index (κ3) is 6.17. The van der Waals surface area contributed by atoms with Crippen molar-refractivity contribution in [1.82, 2.24) is 5.32 Å². The van der Waals surface area contributed by atoms with E-state index in [4.69, 9.17) is 4.74 Å². The normalized spacial score (nSPS) is 10.9. The second-order valence-corrected chi connectivity index (χ2v) is 4.73. The molecule has 0 amide bonds. The molecule has 0 aliphatic rings. The first-order valence-electron chi connectivity index (χ1n) is 6.32. The summed E-state index contributed by atoms with van der Waals surface area (Å²) in [5.41, 5.74) is 1.13. The molecule has 96 valence electrons. The minimum Gasteiger partial charge on any atom is -0.491 e. The Morgan fingerprint density at radius 1 is 1.00 bits per heavy atom. The van der Waals surface area contributed by atoms with E-state index >= 15 is 0 Å². The van der Waals surface area contributed by atoms with Crippen LogP contribution in [-0.4, -0.2) is 25.2 Å². The largest absolute Gasteiger partial charge is 0.491 e. The van der Waals surface area contributed by atoms with Crippen molar-refractivity contribution < 1.29 is 4.74 Å². The Kier molecular flexibility index (Phi) is 5.84. The highest BCUT2D eigenvalue weighted by molar-refractivity contribution is 5.46. The van der Waals surface area contributed by atoms with Crippen LogP contribution < -0.4 is 15.4 Å². The Bertz CT molecular complexity index is 307. The molecule has 0 saturated heterocycles. The summed E-state index contributed by atoms with van der Waals surface area (Å²) in [5.74, 6) is 0.922. The molecule has 3 nitrogen and oxygen atoms in total. The lowest BCUT2D eigenvalue weighted by Gasteiger charge is -2.12. The van der Waals surface area contributed by atoms with Crippen LogP contribution in [0, 0.1) is 0 Å². The topological polar surface area (TPSA) is 33.3 Å². The van der Waals surface area contributed by atoms with Gasteiger partial charge in [0.15, 0.2) is 0 Å². The van der Waals surface area contributed by atoms with E-state index in [1.54, 1.807) is 0 Å². The average molecular weight is 236 g/mol. The molecule has 0 radical (unpaired) electrons. The highest BCUT2D eigenvalue weighted by Gasteiger charge is 1.97. The van der Waals surface area contributed by atoms with Crippen LogP contribution in [0.2, 0.25) is 0 Å². The Hall–Kier alpha value is -1.22. The quantitative estimate of drug-likeness (QED) is 0.714. The summed E-state index contributed by atoms with van der Waals surface area (Å²) < 4.78 is 5.59. The van der Waals surface area contributed by atoms with E-state index in [0.29, 0.717) is 6.04 Å². The summed E-state index contributed by atoms with van der Waals surface area (Å²) in [5, 5.41) is 6.73. The van der Waals surface area contributed by atoms with Gasteiger partial charge < -0.3 is 15.4 Å². The zero-order chi connectivity index (χ0) is 12.7. The third-order valence-electron chi connectivity index (χ3n) is 2.23. The Morgan fingerprint density at radius 3 is 2.18 bits per heavy atom. The SMILES string of the molecule is CC(C)NCCNc1ccc(OC(C)C)cc1. The highest BCUT2D eigenvalue weighted by Crippen LogP contribution is 2.16. The number of anilines is 1. The molecular formula is C14H24N2O. The first-order valence-corrected chi connectivity index (χ1v) is 6.32. The van der Waals surface area contributed by atoms with E-state index in [1.807, 2.05) is 38.1 Å². The molecule has 2 N–H and O–H groups in total.